The van der Waals surface area contributed by atoms with Crippen molar-refractivity contribution < 1.29 is 27.4 Å². The maximum Gasteiger partial charge on any atom is 0.522 e. The number of hydrogen-bond donors (Lipinski definition) is 0. The Kier molecular flexibility index (Phi) is 8.67. The van der Waals surface area contributed by atoms with Crippen molar-refractivity contribution in [3.8, 4) is 0 Å². The lowest BCUT2D eigenvalue weighted by atomic mass is 10.1. The molecule has 0 heterocycles. The summed E-state index contributed by atoms with van der Waals surface area (Å²) in [6.07, 6.45) is -2.82. The molecular formula is C15H18F3N3O3. The van der Waals surface area contributed by atoms with Gasteiger partial charge in [0.05, 0.1) is 18.8 Å². The van der Waals surface area contributed by atoms with Gasteiger partial charge in [-0.15, -0.1) is 13.2 Å². The lowest BCUT2D eigenvalue weighted by Gasteiger charge is -2.07. The van der Waals surface area contributed by atoms with Gasteiger partial charge in [0.2, 0.25) is 0 Å². The van der Waals surface area contributed by atoms with Gasteiger partial charge in [0.15, 0.2) is 0 Å². The van der Waals surface area contributed by atoms with Crippen LogP contribution in [0.25, 0.3) is 10.4 Å². The molecule has 1 aromatic carbocycles. The highest BCUT2D eigenvalue weighted by molar-refractivity contribution is 5.89. The largest absolute Gasteiger partial charge is 0.522 e. The highest BCUT2D eigenvalue weighted by Crippen LogP contribution is 2.16. The van der Waals surface area contributed by atoms with Gasteiger partial charge in [0.1, 0.15) is 0 Å². The maximum atomic E-state index is 11.8. The molecule has 1 aromatic rings. The maximum absolute atomic E-state index is 11.8. The number of azide groups is 1. The first-order valence-corrected chi connectivity index (χ1v) is 7.40. The van der Waals surface area contributed by atoms with Crippen molar-refractivity contribution in [3.63, 3.8) is 0 Å². The van der Waals surface area contributed by atoms with Crippen molar-refractivity contribution in [3.05, 3.63) is 45.8 Å². The van der Waals surface area contributed by atoms with Gasteiger partial charge in [-0.1, -0.05) is 17.2 Å². The molecule has 0 saturated heterocycles. The van der Waals surface area contributed by atoms with Crippen molar-refractivity contribution in [2.24, 2.45) is 5.11 Å². The van der Waals surface area contributed by atoms with Crippen LogP contribution in [-0.4, -0.2) is 32.1 Å². The van der Waals surface area contributed by atoms with Crippen LogP contribution in [0.5, 0.6) is 0 Å². The number of hydrogen-bond acceptors (Lipinski definition) is 4. The Morgan fingerprint density at radius 3 is 2.42 bits per heavy atom. The molecule has 132 valence electrons. The number of ether oxygens (including phenoxy) is 2. The third kappa shape index (κ3) is 9.02. The smallest absolute Gasteiger partial charge is 0.462 e. The second kappa shape index (κ2) is 10.5. The van der Waals surface area contributed by atoms with Crippen LogP contribution in [0.1, 0.15) is 35.2 Å². The van der Waals surface area contributed by atoms with E-state index in [1.54, 1.807) is 24.3 Å². The highest BCUT2D eigenvalue weighted by atomic mass is 19.4. The van der Waals surface area contributed by atoms with E-state index in [0.29, 0.717) is 31.4 Å². The number of halogens is 3. The Bertz CT molecular complexity index is 555. The van der Waals surface area contributed by atoms with E-state index in [1.807, 2.05) is 0 Å². The molecule has 9 heteroatoms. The van der Waals surface area contributed by atoms with Crippen molar-refractivity contribution in [2.45, 2.75) is 32.0 Å². The van der Waals surface area contributed by atoms with Crippen molar-refractivity contribution in [1.82, 2.24) is 0 Å². The molecule has 0 aliphatic heterocycles. The fraction of sp³-hybridized carbons (Fsp3) is 0.533. The quantitative estimate of drug-likeness (QED) is 0.207. The molecule has 0 amide bonds. The number of benzene rings is 1. The van der Waals surface area contributed by atoms with Crippen molar-refractivity contribution in [1.29, 1.82) is 0 Å². The van der Waals surface area contributed by atoms with Crippen LogP contribution < -0.4 is 0 Å². The van der Waals surface area contributed by atoms with Crippen molar-refractivity contribution in [2.75, 3.05) is 19.8 Å². The summed E-state index contributed by atoms with van der Waals surface area (Å²) in [4.78, 5) is 14.4. The first-order chi connectivity index (χ1) is 11.4. The summed E-state index contributed by atoms with van der Waals surface area (Å²) in [7, 11) is 0. The molecule has 24 heavy (non-hydrogen) atoms. The van der Waals surface area contributed by atoms with E-state index in [4.69, 9.17) is 10.3 Å². The first kappa shape index (κ1) is 19.8. The normalized spacial score (nSPS) is 11.0. The summed E-state index contributed by atoms with van der Waals surface area (Å²) in [5.74, 6) is -0.483. The van der Waals surface area contributed by atoms with Crippen LogP contribution in [0.3, 0.4) is 0 Å². The van der Waals surface area contributed by atoms with E-state index in [0.717, 1.165) is 5.56 Å². The summed E-state index contributed by atoms with van der Waals surface area (Å²) >= 11 is 0. The van der Waals surface area contributed by atoms with Crippen LogP contribution in [0.2, 0.25) is 0 Å². The van der Waals surface area contributed by atoms with Gasteiger partial charge in [-0.25, -0.2) is 4.79 Å². The number of esters is 1. The number of alkyl halides is 3. The summed E-state index contributed by atoms with van der Waals surface area (Å²) in [5, 5.41) is 3.43. The van der Waals surface area contributed by atoms with Crippen LogP contribution in [0.4, 0.5) is 13.2 Å². The molecule has 1 rings (SSSR count). The average Bonchev–Trinajstić information content (AvgIpc) is 2.53. The van der Waals surface area contributed by atoms with Crippen LogP contribution in [-0.2, 0) is 15.9 Å². The van der Waals surface area contributed by atoms with Gasteiger partial charge in [-0.05, 0) is 48.9 Å². The number of carbonyl (C=O) groups excluding carboxylic acids is 1. The van der Waals surface area contributed by atoms with Crippen LogP contribution >= 0.6 is 0 Å². The molecule has 0 saturated carbocycles. The SMILES string of the molecule is [N-]=[N+]=NCCc1ccc(C(=O)OCCCCCOC(F)(F)F)cc1. The van der Waals surface area contributed by atoms with Gasteiger partial charge in [-0.3, -0.25) is 4.74 Å². The molecule has 0 aromatic heterocycles. The molecule has 0 atom stereocenters. The Hall–Kier alpha value is -2.25. The standard InChI is InChI=1S/C15H18F3N3O3/c16-15(17,18)24-11-3-1-2-10-23-14(22)13-6-4-12(5-7-13)8-9-20-21-19/h4-7H,1-3,8-11H2. The van der Waals surface area contributed by atoms with E-state index in [-0.39, 0.29) is 13.0 Å². The first-order valence-electron chi connectivity index (χ1n) is 7.40. The fourth-order valence-corrected chi connectivity index (χ4v) is 1.85. The molecule has 6 nitrogen and oxygen atoms in total. The zero-order valence-electron chi connectivity index (χ0n) is 13.0. The zero-order valence-corrected chi connectivity index (χ0v) is 13.0. The summed E-state index contributed by atoms with van der Waals surface area (Å²) in [5.41, 5.74) is 9.51. The van der Waals surface area contributed by atoms with Crippen LogP contribution in [0, 0.1) is 0 Å². The third-order valence-electron chi connectivity index (χ3n) is 3.04. The summed E-state index contributed by atoms with van der Waals surface area (Å²) in [6.45, 7) is 0.0938. The minimum atomic E-state index is -4.60. The Labute approximate surface area is 137 Å². The minimum absolute atomic E-state index is 0.142. The molecule has 0 spiro atoms. The Morgan fingerprint density at radius 2 is 1.79 bits per heavy atom. The van der Waals surface area contributed by atoms with Gasteiger partial charge < -0.3 is 4.74 Å². The number of rotatable bonds is 10. The zero-order chi connectivity index (χ0) is 17.8. The number of carbonyl (C=O) groups is 1. The molecular weight excluding hydrogens is 327 g/mol. The minimum Gasteiger partial charge on any atom is -0.462 e. The van der Waals surface area contributed by atoms with Crippen molar-refractivity contribution >= 4 is 5.97 Å². The number of unbranched alkanes of at least 4 members (excludes halogenated alkanes) is 2. The number of nitrogens with zero attached hydrogens (tertiary/aromatic N) is 3. The molecule has 0 N–H and O–H groups in total. The topological polar surface area (TPSA) is 84.3 Å². The molecule has 0 radical (unpaired) electrons. The summed E-state index contributed by atoms with van der Waals surface area (Å²) < 4.78 is 43.9. The van der Waals surface area contributed by atoms with E-state index < -0.39 is 18.9 Å². The van der Waals surface area contributed by atoms with Gasteiger partial charge in [0.25, 0.3) is 0 Å². The lowest BCUT2D eigenvalue weighted by Crippen LogP contribution is -2.14. The summed E-state index contributed by atoms with van der Waals surface area (Å²) in [6, 6.07) is 6.73. The predicted molar refractivity (Wildman–Crippen MR) is 80.3 cm³/mol. The second-order valence-corrected chi connectivity index (χ2v) is 4.89. The fourth-order valence-electron chi connectivity index (χ4n) is 1.85. The molecule has 0 unspecified atom stereocenters. The average molecular weight is 345 g/mol. The van der Waals surface area contributed by atoms with Gasteiger partial charge >= 0.3 is 12.3 Å². The van der Waals surface area contributed by atoms with E-state index in [1.165, 1.54) is 0 Å². The van der Waals surface area contributed by atoms with Gasteiger partial charge in [-0.2, -0.15) is 0 Å². The van der Waals surface area contributed by atoms with E-state index in [2.05, 4.69) is 14.8 Å². The van der Waals surface area contributed by atoms with Gasteiger partial charge in [0, 0.05) is 11.5 Å². The van der Waals surface area contributed by atoms with Crippen LogP contribution in [0.15, 0.2) is 29.4 Å². The molecule has 0 bridgehead atoms. The Balaban J connectivity index is 2.19. The molecule has 0 fully saturated rings. The predicted octanol–water partition coefficient (Wildman–Crippen LogP) is 4.40. The Morgan fingerprint density at radius 1 is 1.12 bits per heavy atom. The molecule has 0 aliphatic carbocycles. The van der Waals surface area contributed by atoms with E-state index >= 15 is 0 Å². The third-order valence-corrected chi connectivity index (χ3v) is 3.04. The highest BCUT2D eigenvalue weighted by Gasteiger charge is 2.28. The lowest BCUT2D eigenvalue weighted by molar-refractivity contribution is -0.324. The monoisotopic (exact) mass is 345 g/mol. The van der Waals surface area contributed by atoms with E-state index in [9.17, 15) is 18.0 Å². The molecule has 0 aliphatic rings. The second-order valence-electron chi connectivity index (χ2n) is 4.89.